The van der Waals surface area contributed by atoms with Crippen LogP contribution in [0.4, 0.5) is 19.0 Å². The molecule has 2 aromatic heterocycles. The van der Waals surface area contributed by atoms with Crippen molar-refractivity contribution in [2.24, 2.45) is 0 Å². The minimum Gasteiger partial charge on any atom is -0.383 e. The van der Waals surface area contributed by atoms with Gasteiger partial charge in [0.2, 0.25) is 0 Å². The van der Waals surface area contributed by atoms with E-state index in [1.165, 1.54) is 6.07 Å². The first-order valence-corrected chi connectivity index (χ1v) is 11.7. The first kappa shape index (κ1) is 22.7. The second-order valence-electron chi connectivity index (χ2n) is 9.75. The van der Waals surface area contributed by atoms with Gasteiger partial charge < -0.3 is 24.8 Å². The van der Waals surface area contributed by atoms with Crippen molar-refractivity contribution in [2.45, 2.75) is 76.5 Å². The highest BCUT2D eigenvalue weighted by Gasteiger charge is 2.50. The molecular weight excluding hydrogens is 465 g/mol. The van der Waals surface area contributed by atoms with E-state index in [2.05, 4.69) is 9.97 Å². The highest BCUT2D eigenvalue weighted by molar-refractivity contribution is 5.82. The number of aromatic nitrogens is 2. The number of hydrogen-bond acceptors (Lipinski definition) is 7. The monoisotopic (exact) mass is 490 g/mol. The van der Waals surface area contributed by atoms with Crippen LogP contribution in [-0.4, -0.2) is 39.0 Å². The van der Waals surface area contributed by atoms with E-state index in [0.29, 0.717) is 50.4 Å². The molecule has 2 aromatic rings. The molecule has 35 heavy (non-hydrogen) atoms. The fraction of sp³-hybridized carbons (Fsp3) is 0.542. The van der Waals surface area contributed by atoms with Gasteiger partial charge in [0.25, 0.3) is 5.91 Å². The van der Waals surface area contributed by atoms with Gasteiger partial charge in [0.1, 0.15) is 17.6 Å². The normalized spacial score (nSPS) is 27.6. The molecule has 0 bridgehead atoms. The summed E-state index contributed by atoms with van der Waals surface area (Å²) in [5, 5.41) is 0. The first-order chi connectivity index (χ1) is 16.7. The minimum atomic E-state index is -4.55. The number of fused-ring (bicyclic) bond motifs is 6. The summed E-state index contributed by atoms with van der Waals surface area (Å²) in [6.45, 7) is 3.31. The number of carbonyl (C=O) groups is 1. The van der Waals surface area contributed by atoms with Crippen molar-refractivity contribution < 1.29 is 32.2 Å². The predicted octanol–water partition coefficient (Wildman–Crippen LogP) is 3.20. The third-order valence-electron chi connectivity index (χ3n) is 7.60. The number of rotatable bonds is 1. The molecule has 4 aliphatic rings. The van der Waals surface area contributed by atoms with Crippen molar-refractivity contribution in [3.05, 3.63) is 51.5 Å². The molecule has 0 saturated carbocycles. The van der Waals surface area contributed by atoms with E-state index in [1.807, 2.05) is 6.92 Å². The smallest absolute Gasteiger partial charge is 0.383 e. The van der Waals surface area contributed by atoms with Crippen LogP contribution in [0.15, 0.2) is 12.1 Å². The van der Waals surface area contributed by atoms with Crippen molar-refractivity contribution in [2.75, 3.05) is 12.3 Å². The molecule has 0 unspecified atom stereocenters. The molecule has 6 heterocycles. The van der Waals surface area contributed by atoms with Gasteiger partial charge in [0, 0.05) is 24.1 Å². The summed E-state index contributed by atoms with van der Waals surface area (Å²) in [6, 6.07) is 1.87. The molecule has 1 fully saturated rings. The second kappa shape index (κ2) is 7.87. The van der Waals surface area contributed by atoms with Crippen LogP contribution in [0.1, 0.15) is 65.1 Å². The van der Waals surface area contributed by atoms with Crippen molar-refractivity contribution >= 4 is 11.7 Å². The molecule has 2 N–H and O–H groups in total. The van der Waals surface area contributed by atoms with E-state index < -0.39 is 29.6 Å². The summed E-state index contributed by atoms with van der Waals surface area (Å²) in [4.78, 5) is 23.8. The lowest BCUT2D eigenvalue weighted by molar-refractivity contribution is -0.174. The maximum absolute atomic E-state index is 13.8. The topological polar surface area (TPSA) is 99.8 Å². The van der Waals surface area contributed by atoms with E-state index in [-0.39, 0.29) is 24.8 Å². The number of halogens is 3. The number of alkyl halides is 3. The van der Waals surface area contributed by atoms with Crippen LogP contribution in [-0.2, 0) is 58.0 Å². The Bertz CT molecular complexity index is 1220. The Morgan fingerprint density at radius 3 is 2.71 bits per heavy atom. The molecule has 4 aliphatic heterocycles. The molecular formula is C24H25F3N4O4. The van der Waals surface area contributed by atoms with Crippen molar-refractivity contribution in [1.82, 2.24) is 14.9 Å². The molecule has 11 heteroatoms. The Labute approximate surface area is 199 Å². The largest absolute Gasteiger partial charge is 0.433 e. The first-order valence-electron chi connectivity index (χ1n) is 11.7. The van der Waals surface area contributed by atoms with E-state index in [0.717, 1.165) is 28.5 Å². The summed E-state index contributed by atoms with van der Waals surface area (Å²) in [7, 11) is 0. The third-order valence-corrected chi connectivity index (χ3v) is 7.60. The zero-order chi connectivity index (χ0) is 24.5. The average molecular weight is 490 g/mol. The van der Waals surface area contributed by atoms with Crippen molar-refractivity contribution in [3.8, 4) is 0 Å². The summed E-state index contributed by atoms with van der Waals surface area (Å²) in [5.41, 5.74) is 8.69. The number of nitrogens with zero attached hydrogens (tertiary/aromatic N) is 3. The zero-order valence-electron chi connectivity index (χ0n) is 19.2. The van der Waals surface area contributed by atoms with Gasteiger partial charge in [-0.3, -0.25) is 4.79 Å². The predicted molar refractivity (Wildman–Crippen MR) is 116 cm³/mol. The highest BCUT2D eigenvalue weighted by atomic mass is 19.4. The van der Waals surface area contributed by atoms with E-state index in [9.17, 15) is 18.0 Å². The number of hydrogen-bond donors (Lipinski definition) is 1. The van der Waals surface area contributed by atoms with Crippen molar-refractivity contribution in [1.29, 1.82) is 0 Å². The van der Waals surface area contributed by atoms with Crippen LogP contribution in [0.25, 0.3) is 0 Å². The fourth-order valence-corrected chi connectivity index (χ4v) is 5.86. The number of anilines is 1. The molecule has 1 amide bonds. The number of ether oxygens (including phenoxy) is 3. The number of amides is 1. The molecule has 0 radical (unpaired) electrons. The molecule has 3 atom stereocenters. The lowest BCUT2D eigenvalue weighted by Crippen LogP contribution is -2.57. The maximum atomic E-state index is 13.8. The summed E-state index contributed by atoms with van der Waals surface area (Å²) >= 11 is 0. The van der Waals surface area contributed by atoms with Crippen LogP contribution in [0.3, 0.4) is 0 Å². The maximum Gasteiger partial charge on any atom is 0.433 e. The van der Waals surface area contributed by atoms with Crippen LogP contribution in [0.5, 0.6) is 0 Å². The molecule has 1 saturated heterocycles. The van der Waals surface area contributed by atoms with Gasteiger partial charge in [-0.15, -0.1) is 0 Å². The minimum absolute atomic E-state index is 0.0270. The van der Waals surface area contributed by atoms with Gasteiger partial charge >= 0.3 is 6.18 Å². The summed E-state index contributed by atoms with van der Waals surface area (Å²) < 4.78 is 57.3. The Morgan fingerprint density at radius 2 is 1.91 bits per heavy atom. The summed E-state index contributed by atoms with van der Waals surface area (Å²) in [5.74, 6) is 0.213. The quantitative estimate of drug-likeness (QED) is 0.655. The Morgan fingerprint density at radius 1 is 1.11 bits per heavy atom. The SMILES string of the molecule is C[C@]12CCCN(C(=O)[C@H]3Cc4c(nc(N)c5c4COC5)CO3)[C@H]1c1ccc(C(F)(F)F)nc1CO2. The fourth-order valence-electron chi connectivity index (χ4n) is 5.86. The Hall–Kier alpha value is -2.76. The van der Waals surface area contributed by atoms with Gasteiger partial charge in [0.05, 0.1) is 49.5 Å². The van der Waals surface area contributed by atoms with Gasteiger partial charge in [-0.2, -0.15) is 13.2 Å². The van der Waals surface area contributed by atoms with Gasteiger partial charge in [-0.25, -0.2) is 9.97 Å². The Balaban J connectivity index is 1.33. The molecule has 6 rings (SSSR count). The van der Waals surface area contributed by atoms with Crippen molar-refractivity contribution in [3.63, 3.8) is 0 Å². The number of likely N-dealkylation sites (tertiary alicyclic amines) is 1. The summed E-state index contributed by atoms with van der Waals surface area (Å²) in [6.07, 6.45) is -3.56. The van der Waals surface area contributed by atoms with Gasteiger partial charge in [-0.1, -0.05) is 6.07 Å². The lowest BCUT2D eigenvalue weighted by Gasteiger charge is -2.51. The molecule has 0 spiro atoms. The van der Waals surface area contributed by atoms with E-state index >= 15 is 0 Å². The molecule has 0 aliphatic carbocycles. The molecule has 8 nitrogen and oxygen atoms in total. The third kappa shape index (κ3) is 3.59. The second-order valence-corrected chi connectivity index (χ2v) is 9.75. The van der Waals surface area contributed by atoms with Crippen LogP contribution in [0, 0.1) is 0 Å². The number of nitrogens with two attached hydrogens (primary N) is 1. The average Bonchev–Trinajstić information content (AvgIpc) is 3.33. The zero-order valence-corrected chi connectivity index (χ0v) is 19.2. The van der Waals surface area contributed by atoms with Crippen LogP contribution < -0.4 is 5.73 Å². The number of pyridine rings is 2. The Kier molecular flexibility index (Phi) is 5.10. The standard InChI is InChI=1S/C24H25F3N4O4/c1-23-5-2-6-31(20(23)12-3-4-19(24(25,26)27)29-17(12)11-35-23)22(32)18-7-13-14-8-33-9-15(14)21(28)30-16(13)10-34-18/h3-4,18,20H,2,5-11H2,1H3,(H2,28,30)/t18-,20+,23+/m1/s1. The van der Waals surface area contributed by atoms with Gasteiger partial charge in [-0.05, 0) is 37.0 Å². The van der Waals surface area contributed by atoms with Gasteiger partial charge in [0.15, 0.2) is 0 Å². The van der Waals surface area contributed by atoms with E-state index in [4.69, 9.17) is 19.9 Å². The number of nitrogen functional groups attached to an aromatic ring is 1. The molecule has 186 valence electrons. The van der Waals surface area contributed by atoms with Crippen LogP contribution >= 0.6 is 0 Å². The highest BCUT2D eigenvalue weighted by Crippen LogP contribution is 2.47. The van der Waals surface area contributed by atoms with E-state index in [1.54, 1.807) is 4.90 Å². The lowest BCUT2D eigenvalue weighted by atomic mass is 9.79. The number of carbonyl (C=O) groups excluding carboxylic acids is 1. The number of piperidine rings is 1. The molecule has 0 aromatic carbocycles. The van der Waals surface area contributed by atoms with Crippen LogP contribution in [0.2, 0.25) is 0 Å².